The molecule has 0 heterocycles. The van der Waals surface area contributed by atoms with E-state index in [0.29, 0.717) is 5.56 Å². The van der Waals surface area contributed by atoms with Crippen molar-refractivity contribution in [3.05, 3.63) is 108 Å². The molecule has 5 nitrogen and oxygen atoms in total. The molecule has 0 spiro atoms. The Labute approximate surface area is 207 Å². The van der Waals surface area contributed by atoms with Crippen LogP contribution in [0, 0.1) is 5.41 Å². The second kappa shape index (κ2) is 10.4. The predicted molar refractivity (Wildman–Crippen MR) is 136 cm³/mol. The van der Waals surface area contributed by atoms with E-state index in [0.717, 1.165) is 11.1 Å². The van der Waals surface area contributed by atoms with Crippen molar-refractivity contribution in [2.75, 3.05) is 6.61 Å². The average molecular weight is 475 g/mol. The lowest BCUT2D eigenvalue weighted by Crippen LogP contribution is -2.51. The molecule has 0 saturated heterocycles. The van der Waals surface area contributed by atoms with Gasteiger partial charge in [0.15, 0.2) is 0 Å². The molecule has 184 valence electrons. The molecule has 0 aromatic heterocycles. The smallest absolute Gasteiger partial charge is 0.332 e. The molecule has 3 aromatic carbocycles. The Morgan fingerprint density at radius 1 is 0.743 bits per heavy atom. The Morgan fingerprint density at radius 3 is 1.57 bits per heavy atom. The van der Waals surface area contributed by atoms with Crippen molar-refractivity contribution in [1.29, 1.82) is 0 Å². The molecule has 1 atom stereocenters. The molecule has 1 N–H and O–H groups in total. The van der Waals surface area contributed by atoms with Gasteiger partial charge in [-0.3, -0.25) is 4.79 Å². The standard InChI is InChI=1S/C30H34O5/c1-28(2,3)35-25(31)21-34-30(23-17-11-7-12-18-23,24-19-13-8-14-20-24)29(4,5)26(27(32)33)22-15-9-6-10-16-22/h6-20,26H,21H2,1-5H3,(H,32,33). The van der Waals surface area contributed by atoms with Gasteiger partial charge in [-0.05, 0) is 37.5 Å². The van der Waals surface area contributed by atoms with E-state index >= 15 is 0 Å². The number of carbonyl (C=O) groups excluding carboxylic acids is 1. The van der Waals surface area contributed by atoms with Gasteiger partial charge in [0.25, 0.3) is 0 Å². The lowest BCUT2D eigenvalue weighted by atomic mass is 9.59. The summed E-state index contributed by atoms with van der Waals surface area (Å²) in [5.74, 6) is -2.43. The molecule has 3 rings (SSSR count). The van der Waals surface area contributed by atoms with Crippen LogP contribution < -0.4 is 0 Å². The van der Waals surface area contributed by atoms with E-state index < -0.39 is 34.5 Å². The maximum absolute atomic E-state index is 12.8. The minimum absolute atomic E-state index is 0.342. The number of esters is 1. The SMILES string of the molecule is CC(C)(C)OC(=O)COC(c1ccccc1)(c1ccccc1)C(C)(C)C(C(=O)O)c1ccccc1. The summed E-state index contributed by atoms with van der Waals surface area (Å²) < 4.78 is 12.1. The van der Waals surface area contributed by atoms with Crippen LogP contribution in [0.25, 0.3) is 0 Å². The first-order valence-electron chi connectivity index (χ1n) is 11.7. The normalized spacial score (nSPS) is 13.2. The van der Waals surface area contributed by atoms with E-state index in [-0.39, 0.29) is 6.61 Å². The fraction of sp³-hybridized carbons (Fsp3) is 0.333. The van der Waals surface area contributed by atoms with Gasteiger partial charge in [0, 0.05) is 5.41 Å². The van der Waals surface area contributed by atoms with Crippen LogP contribution >= 0.6 is 0 Å². The van der Waals surface area contributed by atoms with Gasteiger partial charge < -0.3 is 14.6 Å². The van der Waals surface area contributed by atoms with Crippen LogP contribution in [0.2, 0.25) is 0 Å². The van der Waals surface area contributed by atoms with Crippen molar-refractivity contribution in [2.24, 2.45) is 5.41 Å². The second-order valence-corrected chi connectivity index (χ2v) is 10.2. The molecule has 1 unspecified atom stereocenters. The highest BCUT2D eigenvalue weighted by molar-refractivity contribution is 5.78. The topological polar surface area (TPSA) is 72.8 Å². The Hall–Kier alpha value is -3.44. The van der Waals surface area contributed by atoms with Gasteiger partial charge in [0.1, 0.15) is 17.8 Å². The molecular weight excluding hydrogens is 440 g/mol. The summed E-state index contributed by atoms with van der Waals surface area (Å²) >= 11 is 0. The highest BCUT2D eigenvalue weighted by Crippen LogP contribution is 2.55. The number of hydrogen-bond donors (Lipinski definition) is 1. The summed E-state index contributed by atoms with van der Waals surface area (Å²) in [5, 5.41) is 10.5. The van der Waals surface area contributed by atoms with Crippen LogP contribution in [-0.4, -0.2) is 29.3 Å². The number of hydrogen-bond acceptors (Lipinski definition) is 4. The van der Waals surface area contributed by atoms with E-state index in [1.165, 1.54) is 0 Å². The molecule has 0 aliphatic carbocycles. The Kier molecular flexibility index (Phi) is 7.81. The van der Waals surface area contributed by atoms with Crippen LogP contribution in [0.15, 0.2) is 91.0 Å². The fourth-order valence-corrected chi connectivity index (χ4v) is 4.86. The summed E-state index contributed by atoms with van der Waals surface area (Å²) in [6, 6.07) is 28.1. The summed E-state index contributed by atoms with van der Waals surface area (Å²) in [4.78, 5) is 25.6. The quantitative estimate of drug-likeness (QED) is 0.375. The Balaban J connectivity index is 2.26. The number of carbonyl (C=O) groups is 2. The van der Waals surface area contributed by atoms with Crippen molar-refractivity contribution < 1.29 is 24.2 Å². The monoisotopic (exact) mass is 474 g/mol. The second-order valence-electron chi connectivity index (χ2n) is 10.2. The summed E-state index contributed by atoms with van der Waals surface area (Å²) in [7, 11) is 0. The minimum Gasteiger partial charge on any atom is -0.481 e. The Morgan fingerprint density at radius 2 is 1.17 bits per heavy atom. The zero-order chi connectivity index (χ0) is 25.7. The van der Waals surface area contributed by atoms with Gasteiger partial charge in [-0.25, -0.2) is 4.79 Å². The lowest BCUT2D eigenvalue weighted by molar-refractivity contribution is -0.176. The third-order valence-electron chi connectivity index (χ3n) is 6.20. The first-order chi connectivity index (χ1) is 16.5. The van der Waals surface area contributed by atoms with E-state index in [2.05, 4.69) is 0 Å². The molecular formula is C30H34O5. The lowest BCUT2D eigenvalue weighted by Gasteiger charge is -2.50. The van der Waals surface area contributed by atoms with Crippen molar-refractivity contribution in [1.82, 2.24) is 0 Å². The molecule has 0 fully saturated rings. The number of aliphatic carboxylic acids is 1. The zero-order valence-corrected chi connectivity index (χ0v) is 21.0. The van der Waals surface area contributed by atoms with Crippen LogP contribution in [-0.2, 0) is 24.7 Å². The summed E-state index contributed by atoms with van der Waals surface area (Å²) in [5.41, 5.74) is -0.854. The van der Waals surface area contributed by atoms with Gasteiger partial charge in [-0.1, -0.05) is 105 Å². The van der Waals surface area contributed by atoms with E-state index in [4.69, 9.17) is 9.47 Å². The first-order valence-corrected chi connectivity index (χ1v) is 11.7. The molecule has 0 aliphatic rings. The number of carboxylic acids is 1. The van der Waals surface area contributed by atoms with Crippen LogP contribution in [0.4, 0.5) is 0 Å². The summed E-state index contributed by atoms with van der Waals surface area (Å²) in [6.45, 7) is 8.82. The van der Waals surface area contributed by atoms with Crippen molar-refractivity contribution in [3.63, 3.8) is 0 Å². The number of rotatable bonds is 9. The van der Waals surface area contributed by atoms with Crippen LogP contribution in [0.3, 0.4) is 0 Å². The van der Waals surface area contributed by atoms with Crippen molar-refractivity contribution >= 4 is 11.9 Å². The van der Waals surface area contributed by atoms with E-state index in [1.54, 1.807) is 20.8 Å². The van der Waals surface area contributed by atoms with Gasteiger partial charge in [-0.2, -0.15) is 0 Å². The van der Waals surface area contributed by atoms with Crippen molar-refractivity contribution in [2.45, 2.75) is 51.7 Å². The third-order valence-corrected chi connectivity index (χ3v) is 6.20. The van der Waals surface area contributed by atoms with Gasteiger partial charge >= 0.3 is 11.9 Å². The maximum Gasteiger partial charge on any atom is 0.332 e. The Bertz CT molecular complexity index is 1080. The van der Waals surface area contributed by atoms with E-state index in [9.17, 15) is 14.7 Å². The molecule has 0 radical (unpaired) electrons. The third kappa shape index (κ3) is 5.63. The van der Waals surface area contributed by atoms with Crippen LogP contribution in [0.5, 0.6) is 0 Å². The molecule has 35 heavy (non-hydrogen) atoms. The molecule has 0 saturated carbocycles. The molecule has 3 aromatic rings. The molecule has 0 aliphatic heterocycles. The zero-order valence-electron chi connectivity index (χ0n) is 21.0. The molecule has 5 heteroatoms. The highest BCUT2D eigenvalue weighted by atomic mass is 16.6. The van der Waals surface area contributed by atoms with Gasteiger partial charge in [-0.15, -0.1) is 0 Å². The number of carboxylic acid groups (broad SMARTS) is 1. The maximum atomic E-state index is 12.8. The van der Waals surface area contributed by atoms with Gasteiger partial charge in [0.05, 0.1) is 5.92 Å². The fourth-order valence-electron chi connectivity index (χ4n) is 4.86. The highest BCUT2D eigenvalue weighted by Gasteiger charge is 2.56. The van der Waals surface area contributed by atoms with E-state index in [1.807, 2.05) is 105 Å². The summed E-state index contributed by atoms with van der Waals surface area (Å²) in [6.07, 6.45) is 0. The number of ether oxygens (including phenoxy) is 2. The average Bonchev–Trinajstić information content (AvgIpc) is 2.80. The molecule has 0 amide bonds. The van der Waals surface area contributed by atoms with Crippen LogP contribution in [0.1, 0.15) is 57.2 Å². The minimum atomic E-state index is -1.29. The number of benzene rings is 3. The largest absolute Gasteiger partial charge is 0.481 e. The van der Waals surface area contributed by atoms with Gasteiger partial charge in [0.2, 0.25) is 0 Å². The first kappa shape index (κ1) is 26.2. The van der Waals surface area contributed by atoms with Crippen molar-refractivity contribution in [3.8, 4) is 0 Å². The molecule has 0 bridgehead atoms. The predicted octanol–water partition coefficient (Wildman–Crippen LogP) is 6.18.